The highest BCUT2D eigenvalue weighted by Crippen LogP contribution is 2.38. The van der Waals surface area contributed by atoms with Crippen molar-refractivity contribution >= 4 is 22.6 Å². The predicted molar refractivity (Wildman–Crippen MR) is 99.4 cm³/mol. The number of fused-ring (bicyclic) bond motifs is 1. The van der Waals surface area contributed by atoms with E-state index < -0.39 is 0 Å². The minimum absolute atomic E-state index is 0.382. The molecule has 0 atom stereocenters. The lowest BCUT2D eigenvalue weighted by molar-refractivity contribution is 0.0603. The van der Waals surface area contributed by atoms with Gasteiger partial charge in [0.25, 0.3) is 0 Å². The lowest BCUT2D eigenvalue weighted by atomic mass is 9.96. The van der Waals surface area contributed by atoms with Crippen LogP contribution in [0, 0.1) is 0 Å². The molecule has 128 valence electrons. The number of nitrogens with zero attached hydrogens (tertiary/aromatic N) is 2. The van der Waals surface area contributed by atoms with Gasteiger partial charge in [-0.15, -0.1) is 0 Å². The van der Waals surface area contributed by atoms with Crippen molar-refractivity contribution in [2.75, 3.05) is 33.2 Å². The zero-order valence-corrected chi connectivity index (χ0v) is 14.7. The Hall–Kier alpha value is -3.08. The van der Waals surface area contributed by atoms with Gasteiger partial charge < -0.3 is 14.4 Å². The summed E-state index contributed by atoms with van der Waals surface area (Å²) in [6, 6.07) is 13.4. The molecule has 0 N–H and O–H groups in total. The molecule has 1 heterocycles. The maximum Gasteiger partial charge on any atom is 0.338 e. The van der Waals surface area contributed by atoms with Crippen LogP contribution in [-0.4, -0.2) is 39.3 Å². The van der Waals surface area contributed by atoms with Crippen molar-refractivity contribution in [3.8, 4) is 16.9 Å². The average Bonchev–Trinajstić information content (AvgIpc) is 2.65. The standard InChI is InChI=1S/C20H20N2O3/c1-22(2)19-18-14(9-7-10-15(18)20(23)25-4)16(12-21-19)13-8-5-6-11-17(13)24-3/h5-12H,1-4H3. The molecule has 0 amide bonds. The number of esters is 1. The second kappa shape index (κ2) is 6.81. The van der Waals surface area contributed by atoms with Crippen LogP contribution in [0.4, 0.5) is 5.82 Å². The fourth-order valence-corrected chi connectivity index (χ4v) is 2.98. The van der Waals surface area contributed by atoms with Crippen LogP contribution in [-0.2, 0) is 4.74 Å². The summed E-state index contributed by atoms with van der Waals surface area (Å²) in [4.78, 5) is 18.8. The molecule has 0 aliphatic carbocycles. The van der Waals surface area contributed by atoms with Crippen LogP contribution in [0.15, 0.2) is 48.7 Å². The zero-order valence-electron chi connectivity index (χ0n) is 14.7. The van der Waals surface area contributed by atoms with E-state index in [2.05, 4.69) is 4.98 Å². The number of anilines is 1. The van der Waals surface area contributed by atoms with Crippen LogP contribution in [0.25, 0.3) is 21.9 Å². The molecule has 5 nitrogen and oxygen atoms in total. The maximum atomic E-state index is 12.3. The first kappa shape index (κ1) is 16.8. The Morgan fingerprint density at radius 2 is 1.76 bits per heavy atom. The molecule has 0 bridgehead atoms. The Kier molecular flexibility index (Phi) is 4.57. The molecule has 0 aliphatic rings. The normalized spacial score (nSPS) is 10.6. The monoisotopic (exact) mass is 336 g/mol. The second-order valence-corrected chi connectivity index (χ2v) is 5.81. The van der Waals surface area contributed by atoms with Gasteiger partial charge in [-0.05, 0) is 17.5 Å². The Labute approximate surface area is 146 Å². The van der Waals surface area contributed by atoms with Crippen molar-refractivity contribution in [2.45, 2.75) is 0 Å². The third kappa shape index (κ3) is 2.89. The molecule has 1 aromatic heterocycles. The quantitative estimate of drug-likeness (QED) is 0.679. The van der Waals surface area contributed by atoms with Gasteiger partial charge in [-0.3, -0.25) is 0 Å². The molecule has 5 heteroatoms. The number of para-hydroxylation sites is 1. The van der Waals surface area contributed by atoms with Gasteiger partial charge >= 0.3 is 5.97 Å². The molecule has 0 aliphatic heterocycles. The summed E-state index contributed by atoms with van der Waals surface area (Å²) < 4.78 is 10.5. The minimum atomic E-state index is -0.382. The number of rotatable bonds is 4. The van der Waals surface area contributed by atoms with Crippen molar-refractivity contribution in [3.63, 3.8) is 0 Å². The number of hydrogen-bond donors (Lipinski definition) is 0. The van der Waals surface area contributed by atoms with Gasteiger partial charge in [0, 0.05) is 36.8 Å². The van der Waals surface area contributed by atoms with E-state index in [1.165, 1.54) is 7.11 Å². The van der Waals surface area contributed by atoms with Crippen molar-refractivity contribution in [3.05, 3.63) is 54.2 Å². The van der Waals surface area contributed by atoms with E-state index in [-0.39, 0.29) is 5.97 Å². The number of carbonyl (C=O) groups excluding carboxylic acids is 1. The molecule has 25 heavy (non-hydrogen) atoms. The SMILES string of the molecule is COC(=O)c1cccc2c(-c3ccccc3OC)cnc(N(C)C)c12. The third-order valence-corrected chi connectivity index (χ3v) is 4.12. The first-order chi connectivity index (χ1) is 12.1. The molecule has 3 rings (SSSR count). The highest BCUT2D eigenvalue weighted by molar-refractivity contribution is 6.13. The molecule has 0 saturated carbocycles. The van der Waals surface area contributed by atoms with Gasteiger partial charge in [0.2, 0.25) is 0 Å². The van der Waals surface area contributed by atoms with E-state index in [1.54, 1.807) is 13.2 Å². The van der Waals surface area contributed by atoms with Crippen LogP contribution < -0.4 is 9.64 Å². The number of carbonyl (C=O) groups is 1. The van der Waals surface area contributed by atoms with Gasteiger partial charge in [-0.1, -0.05) is 30.3 Å². The first-order valence-electron chi connectivity index (χ1n) is 7.89. The molecule has 3 aromatic rings. The van der Waals surface area contributed by atoms with Crippen molar-refractivity contribution in [1.29, 1.82) is 0 Å². The summed E-state index contributed by atoms with van der Waals surface area (Å²) >= 11 is 0. The number of ether oxygens (including phenoxy) is 2. The molecule has 0 fully saturated rings. The van der Waals surface area contributed by atoms with Crippen LogP contribution in [0.2, 0.25) is 0 Å². The summed E-state index contributed by atoms with van der Waals surface area (Å²) in [6.07, 6.45) is 1.82. The second-order valence-electron chi connectivity index (χ2n) is 5.81. The molecule has 0 spiro atoms. The largest absolute Gasteiger partial charge is 0.496 e. The van der Waals surface area contributed by atoms with Gasteiger partial charge in [0.1, 0.15) is 11.6 Å². The van der Waals surface area contributed by atoms with Crippen molar-refractivity contribution in [2.24, 2.45) is 0 Å². The summed E-state index contributed by atoms with van der Waals surface area (Å²) in [6.45, 7) is 0. The average molecular weight is 336 g/mol. The zero-order chi connectivity index (χ0) is 18.0. The Morgan fingerprint density at radius 1 is 1.00 bits per heavy atom. The lowest BCUT2D eigenvalue weighted by Gasteiger charge is -2.19. The molecule has 0 unspecified atom stereocenters. The van der Waals surface area contributed by atoms with Gasteiger partial charge in [-0.25, -0.2) is 9.78 Å². The van der Waals surface area contributed by atoms with Gasteiger partial charge in [0.15, 0.2) is 0 Å². The molecular formula is C20H20N2O3. The van der Waals surface area contributed by atoms with E-state index in [0.717, 1.165) is 33.5 Å². The fourth-order valence-electron chi connectivity index (χ4n) is 2.98. The summed E-state index contributed by atoms with van der Waals surface area (Å²) in [5.41, 5.74) is 2.33. The van der Waals surface area contributed by atoms with E-state index in [4.69, 9.17) is 9.47 Å². The molecule has 0 saturated heterocycles. The number of benzene rings is 2. The van der Waals surface area contributed by atoms with Crippen molar-refractivity contribution in [1.82, 2.24) is 4.98 Å². The molecule has 0 radical (unpaired) electrons. The van der Waals surface area contributed by atoms with E-state index >= 15 is 0 Å². The van der Waals surface area contributed by atoms with Gasteiger partial charge in [0.05, 0.1) is 19.8 Å². The highest BCUT2D eigenvalue weighted by atomic mass is 16.5. The minimum Gasteiger partial charge on any atom is -0.496 e. The van der Waals surface area contributed by atoms with Crippen LogP contribution >= 0.6 is 0 Å². The third-order valence-electron chi connectivity index (χ3n) is 4.12. The summed E-state index contributed by atoms with van der Waals surface area (Å²) in [5, 5.41) is 1.69. The fraction of sp³-hybridized carbons (Fsp3) is 0.200. The van der Waals surface area contributed by atoms with Crippen LogP contribution in [0.1, 0.15) is 10.4 Å². The molecular weight excluding hydrogens is 316 g/mol. The first-order valence-corrected chi connectivity index (χ1v) is 7.89. The Bertz CT molecular complexity index is 935. The van der Waals surface area contributed by atoms with E-state index in [0.29, 0.717) is 5.56 Å². The predicted octanol–water partition coefficient (Wildman–Crippen LogP) is 3.76. The number of hydrogen-bond acceptors (Lipinski definition) is 5. The smallest absolute Gasteiger partial charge is 0.338 e. The molecule has 2 aromatic carbocycles. The van der Waals surface area contributed by atoms with Crippen LogP contribution in [0.5, 0.6) is 5.75 Å². The van der Waals surface area contributed by atoms with Gasteiger partial charge in [-0.2, -0.15) is 0 Å². The van der Waals surface area contributed by atoms with Crippen LogP contribution in [0.3, 0.4) is 0 Å². The number of aromatic nitrogens is 1. The Balaban J connectivity index is 2.40. The van der Waals surface area contributed by atoms with Crippen molar-refractivity contribution < 1.29 is 14.3 Å². The topological polar surface area (TPSA) is 51.7 Å². The Morgan fingerprint density at radius 3 is 2.44 bits per heavy atom. The van der Waals surface area contributed by atoms with E-state index in [9.17, 15) is 4.79 Å². The maximum absolute atomic E-state index is 12.3. The number of methoxy groups -OCH3 is 2. The number of pyridine rings is 1. The van der Waals surface area contributed by atoms with E-state index in [1.807, 2.05) is 61.6 Å². The summed E-state index contributed by atoms with van der Waals surface area (Å²) in [5.74, 6) is 1.09. The summed E-state index contributed by atoms with van der Waals surface area (Å²) in [7, 11) is 6.83. The lowest BCUT2D eigenvalue weighted by Crippen LogP contribution is -2.13. The highest BCUT2D eigenvalue weighted by Gasteiger charge is 2.19.